The molecule has 3 aromatic rings. The van der Waals surface area contributed by atoms with Gasteiger partial charge in [0, 0.05) is 7.05 Å². The van der Waals surface area contributed by atoms with Crippen molar-refractivity contribution >= 4 is 16.9 Å². The zero-order chi connectivity index (χ0) is 17.9. The van der Waals surface area contributed by atoms with Gasteiger partial charge in [-0.3, -0.25) is 9.59 Å². The summed E-state index contributed by atoms with van der Waals surface area (Å²) in [5.74, 6) is -0.0840. The van der Waals surface area contributed by atoms with Gasteiger partial charge in [0.15, 0.2) is 5.43 Å². The van der Waals surface area contributed by atoms with Crippen LogP contribution in [0.1, 0.15) is 38.9 Å². The Balaban J connectivity index is 2.03. The summed E-state index contributed by atoms with van der Waals surface area (Å²) < 4.78 is 5.84. The van der Waals surface area contributed by atoms with Gasteiger partial charge in [0.05, 0.1) is 17.0 Å². The summed E-state index contributed by atoms with van der Waals surface area (Å²) >= 11 is 0. The standard InChI is InChI=1S/C20H17NO4/c1-10-8-14-15(9-11(10)2)25-19-16(18(14)23)17(21(3)20(19)24)12-4-6-13(22)7-5-12/h4-9,17,22H,1-3H3/t17-/m1/s1. The maximum Gasteiger partial charge on any atom is 0.290 e. The number of amides is 1. The van der Waals surface area contributed by atoms with Gasteiger partial charge >= 0.3 is 0 Å². The van der Waals surface area contributed by atoms with E-state index in [4.69, 9.17) is 4.42 Å². The molecule has 25 heavy (non-hydrogen) atoms. The molecular weight excluding hydrogens is 318 g/mol. The van der Waals surface area contributed by atoms with Gasteiger partial charge in [-0.05, 0) is 54.8 Å². The number of hydrogen-bond donors (Lipinski definition) is 1. The van der Waals surface area contributed by atoms with Gasteiger partial charge in [-0.2, -0.15) is 0 Å². The van der Waals surface area contributed by atoms with Gasteiger partial charge in [0.25, 0.3) is 5.91 Å². The highest BCUT2D eigenvalue weighted by atomic mass is 16.3. The number of aryl methyl sites for hydroxylation is 2. The number of carbonyl (C=O) groups is 1. The SMILES string of the molecule is Cc1cc2oc3c(c(=O)c2cc1C)[C@@H](c1ccc(O)cc1)N(C)C3=O. The normalized spacial score (nSPS) is 16.5. The maximum absolute atomic E-state index is 13.1. The second-order valence-corrected chi connectivity index (χ2v) is 6.52. The van der Waals surface area contributed by atoms with Crippen LogP contribution >= 0.6 is 0 Å². The fourth-order valence-electron chi connectivity index (χ4n) is 3.39. The topological polar surface area (TPSA) is 70.8 Å². The van der Waals surface area contributed by atoms with E-state index in [1.54, 1.807) is 37.4 Å². The first kappa shape index (κ1) is 15.4. The molecule has 5 heteroatoms. The van der Waals surface area contributed by atoms with E-state index in [1.807, 2.05) is 19.9 Å². The van der Waals surface area contributed by atoms with E-state index in [1.165, 1.54) is 4.90 Å². The van der Waals surface area contributed by atoms with Crippen molar-refractivity contribution in [3.8, 4) is 5.75 Å². The van der Waals surface area contributed by atoms with Crippen LogP contribution < -0.4 is 5.43 Å². The van der Waals surface area contributed by atoms with Gasteiger partial charge < -0.3 is 14.4 Å². The smallest absolute Gasteiger partial charge is 0.290 e. The minimum atomic E-state index is -0.523. The van der Waals surface area contributed by atoms with Crippen LogP contribution in [-0.4, -0.2) is 23.0 Å². The lowest BCUT2D eigenvalue weighted by Crippen LogP contribution is -2.25. The van der Waals surface area contributed by atoms with Gasteiger partial charge in [-0.1, -0.05) is 12.1 Å². The number of hydrogen-bond acceptors (Lipinski definition) is 4. The number of benzene rings is 2. The van der Waals surface area contributed by atoms with Crippen LogP contribution in [0.2, 0.25) is 0 Å². The van der Waals surface area contributed by atoms with Crippen molar-refractivity contribution in [2.45, 2.75) is 19.9 Å². The number of fused-ring (bicyclic) bond motifs is 2. The van der Waals surface area contributed by atoms with Crippen molar-refractivity contribution < 1.29 is 14.3 Å². The molecular formula is C20H17NO4. The zero-order valence-electron chi connectivity index (χ0n) is 14.2. The Bertz CT molecular complexity index is 1080. The lowest BCUT2D eigenvalue weighted by molar-refractivity contribution is 0.0771. The van der Waals surface area contributed by atoms with Crippen molar-refractivity contribution in [2.24, 2.45) is 0 Å². The maximum atomic E-state index is 13.1. The lowest BCUT2D eigenvalue weighted by atomic mass is 9.97. The fourth-order valence-corrected chi connectivity index (χ4v) is 3.39. The third kappa shape index (κ3) is 2.16. The average Bonchev–Trinajstić information content (AvgIpc) is 2.83. The van der Waals surface area contributed by atoms with Gasteiger partial charge in [-0.15, -0.1) is 0 Å². The number of carbonyl (C=O) groups excluding carboxylic acids is 1. The van der Waals surface area contributed by atoms with Crippen molar-refractivity contribution in [1.82, 2.24) is 4.90 Å². The second-order valence-electron chi connectivity index (χ2n) is 6.52. The molecule has 126 valence electrons. The second kappa shape index (κ2) is 5.21. The molecule has 4 rings (SSSR count). The predicted octanol–water partition coefficient (Wildman–Crippen LogP) is 3.29. The fraction of sp³-hybridized carbons (Fsp3) is 0.200. The minimum absolute atomic E-state index is 0.0985. The number of nitrogens with zero attached hydrogens (tertiary/aromatic N) is 1. The Kier molecular flexibility index (Phi) is 3.22. The molecule has 2 heterocycles. The van der Waals surface area contributed by atoms with E-state index < -0.39 is 6.04 Å². The summed E-state index contributed by atoms with van der Waals surface area (Å²) in [6.07, 6.45) is 0. The van der Waals surface area contributed by atoms with Crippen LogP contribution in [0, 0.1) is 13.8 Å². The molecule has 1 aliphatic rings. The molecule has 1 N–H and O–H groups in total. The number of phenolic OH excluding ortho intramolecular Hbond substituents is 1. The van der Waals surface area contributed by atoms with Crippen LogP contribution in [-0.2, 0) is 0 Å². The van der Waals surface area contributed by atoms with E-state index in [2.05, 4.69) is 0 Å². The first-order valence-electron chi connectivity index (χ1n) is 8.02. The van der Waals surface area contributed by atoms with E-state index in [9.17, 15) is 14.7 Å². The highest BCUT2D eigenvalue weighted by molar-refractivity contribution is 5.99. The van der Waals surface area contributed by atoms with E-state index in [0.29, 0.717) is 16.5 Å². The molecule has 0 radical (unpaired) electrons. The molecule has 0 aliphatic carbocycles. The minimum Gasteiger partial charge on any atom is -0.508 e. The Labute approximate surface area is 144 Å². The molecule has 1 atom stereocenters. The molecule has 5 nitrogen and oxygen atoms in total. The van der Waals surface area contributed by atoms with Crippen LogP contribution in [0.25, 0.3) is 11.0 Å². The van der Waals surface area contributed by atoms with E-state index in [0.717, 1.165) is 16.7 Å². The molecule has 0 fully saturated rings. The van der Waals surface area contributed by atoms with Crippen molar-refractivity contribution in [1.29, 1.82) is 0 Å². The van der Waals surface area contributed by atoms with Gasteiger partial charge in [-0.25, -0.2) is 0 Å². The van der Waals surface area contributed by atoms with Gasteiger partial charge in [0.2, 0.25) is 5.76 Å². The average molecular weight is 335 g/mol. The first-order chi connectivity index (χ1) is 11.9. The Morgan fingerprint density at radius 2 is 1.68 bits per heavy atom. The molecule has 0 unspecified atom stereocenters. The monoisotopic (exact) mass is 335 g/mol. The number of phenols is 1. The molecule has 1 amide bonds. The Morgan fingerprint density at radius 1 is 1.04 bits per heavy atom. The quantitative estimate of drug-likeness (QED) is 0.741. The van der Waals surface area contributed by atoms with Crippen molar-refractivity contribution in [3.63, 3.8) is 0 Å². The van der Waals surface area contributed by atoms with Gasteiger partial charge in [0.1, 0.15) is 11.3 Å². The summed E-state index contributed by atoms with van der Waals surface area (Å²) in [5.41, 5.74) is 3.36. The molecule has 0 bridgehead atoms. The Morgan fingerprint density at radius 3 is 2.36 bits per heavy atom. The molecule has 0 saturated carbocycles. The summed E-state index contributed by atoms with van der Waals surface area (Å²) in [6, 6.07) is 9.60. The predicted molar refractivity (Wildman–Crippen MR) is 94.0 cm³/mol. The molecule has 1 aromatic heterocycles. The van der Waals surface area contributed by atoms with Crippen LogP contribution in [0.15, 0.2) is 45.6 Å². The molecule has 2 aromatic carbocycles. The number of rotatable bonds is 1. The van der Waals surface area contributed by atoms with E-state index >= 15 is 0 Å². The lowest BCUT2D eigenvalue weighted by Gasteiger charge is -2.20. The molecule has 0 saturated heterocycles. The van der Waals surface area contributed by atoms with Crippen LogP contribution in [0.5, 0.6) is 5.75 Å². The van der Waals surface area contributed by atoms with Crippen molar-refractivity contribution in [2.75, 3.05) is 7.05 Å². The highest BCUT2D eigenvalue weighted by Crippen LogP contribution is 2.37. The third-order valence-electron chi connectivity index (χ3n) is 4.93. The highest BCUT2D eigenvalue weighted by Gasteiger charge is 2.40. The number of aromatic hydroxyl groups is 1. The van der Waals surface area contributed by atoms with Crippen LogP contribution in [0.4, 0.5) is 0 Å². The molecule has 1 aliphatic heterocycles. The Hall–Kier alpha value is -3.08. The summed E-state index contributed by atoms with van der Waals surface area (Å²) in [6.45, 7) is 3.88. The first-order valence-corrected chi connectivity index (χ1v) is 8.02. The largest absolute Gasteiger partial charge is 0.508 e. The van der Waals surface area contributed by atoms with E-state index in [-0.39, 0.29) is 22.8 Å². The summed E-state index contributed by atoms with van der Waals surface area (Å²) in [7, 11) is 1.65. The van der Waals surface area contributed by atoms with Crippen molar-refractivity contribution in [3.05, 3.63) is 74.6 Å². The summed E-state index contributed by atoms with van der Waals surface area (Å²) in [4.78, 5) is 27.3. The third-order valence-corrected chi connectivity index (χ3v) is 4.93. The summed E-state index contributed by atoms with van der Waals surface area (Å²) in [5, 5.41) is 9.98. The molecule has 0 spiro atoms. The van der Waals surface area contributed by atoms with Crippen LogP contribution in [0.3, 0.4) is 0 Å². The zero-order valence-corrected chi connectivity index (χ0v) is 14.2.